The Labute approximate surface area is 83.8 Å². The van der Waals surface area contributed by atoms with Gasteiger partial charge in [-0.1, -0.05) is 0 Å². The second-order valence-electron chi connectivity index (χ2n) is 3.01. The fraction of sp³-hybridized carbons (Fsp3) is 0.556. The zero-order valence-corrected chi connectivity index (χ0v) is 8.76. The van der Waals surface area contributed by atoms with E-state index in [1.54, 1.807) is 6.92 Å². The van der Waals surface area contributed by atoms with Crippen molar-refractivity contribution >= 4 is 11.8 Å². The summed E-state index contributed by atoms with van der Waals surface area (Å²) < 4.78 is 4.73. The summed E-state index contributed by atoms with van der Waals surface area (Å²) in [5, 5.41) is 10.1. The zero-order valence-electron chi connectivity index (χ0n) is 8.76. The van der Waals surface area contributed by atoms with Crippen LogP contribution in [-0.4, -0.2) is 24.5 Å². The van der Waals surface area contributed by atoms with Gasteiger partial charge in [0, 0.05) is 12.2 Å². The van der Waals surface area contributed by atoms with Crippen molar-refractivity contribution in [1.29, 1.82) is 5.41 Å². The second kappa shape index (κ2) is 6.01. The molecule has 0 atom stereocenters. The SMILES string of the molecule is CCOC(=O)/C(=C/NC(C)C)C(=N)N. The molecule has 0 unspecified atom stereocenters. The number of carbonyl (C=O) groups is 1. The molecule has 0 saturated carbocycles. The average Bonchev–Trinajstić information content (AvgIpc) is 2.03. The van der Waals surface area contributed by atoms with Crippen molar-refractivity contribution in [2.24, 2.45) is 5.73 Å². The topological polar surface area (TPSA) is 88.2 Å². The first-order valence-corrected chi connectivity index (χ1v) is 4.46. The van der Waals surface area contributed by atoms with Gasteiger partial charge in [-0.25, -0.2) is 4.79 Å². The molecule has 5 nitrogen and oxygen atoms in total. The summed E-state index contributed by atoms with van der Waals surface area (Å²) in [5.74, 6) is -0.871. The van der Waals surface area contributed by atoms with E-state index in [2.05, 4.69) is 5.32 Å². The predicted molar refractivity (Wildman–Crippen MR) is 54.9 cm³/mol. The number of nitrogens with one attached hydrogen (secondary N) is 2. The minimum Gasteiger partial charge on any atom is -0.462 e. The van der Waals surface area contributed by atoms with Crippen LogP contribution in [0.15, 0.2) is 11.8 Å². The fourth-order valence-electron chi connectivity index (χ4n) is 0.705. The van der Waals surface area contributed by atoms with Crippen LogP contribution in [0.2, 0.25) is 0 Å². The summed E-state index contributed by atoms with van der Waals surface area (Å²) in [7, 11) is 0. The third kappa shape index (κ3) is 4.49. The maximum Gasteiger partial charge on any atom is 0.343 e. The van der Waals surface area contributed by atoms with Gasteiger partial charge < -0.3 is 15.8 Å². The lowest BCUT2D eigenvalue weighted by Gasteiger charge is -2.08. The highest BCUT2D eigenvalue weighted by molar-refractivity contribution is 6.16. The van der Waals surface area contributed by atoms with E-state index in [1.165, 1.54) is 6.20 Å². The van der Waals surface area contributed by atoms with Crippen LogP contribution in [0.1, 0.15) is 20.8 Å². The Balaban J connectivity index is 4.51. The van der Waals surface area contributed by atoms with Gasteiger partial charge in [-0.2, -0.15) is 0 Å². The number of rotatable bonds is 5. The molecule has 0 aromatic heterocycles. The standard InChI is InChI=1S/C9H17N3O2/c1-4-14-9(13)7(8(10)11)5-12-6(2)3/h5-6,12H,4H2,1-3H3,(H3,10,11)/b7-5+. The number of carbonyl (C=O) groups excluding carboxylic acids is 1. The van der Waals surface area contributed by atoms with Gasteiger partial charge in [0.05, 0.1) is 6.61 Å². The van der Waals surface area contributed by atoms with Crippen LogP contribution in [0.3, 0.4) is 0 Å². The summed E-state index contributed by atoms with van der Waals surface area (Å²) in [5.41, 5.74) is 5.28. The van der Waals surface area contributed by atoms with Crippen molar-refractivity contribution in [3.8, 4) is 0 Å². The number of hydrogen-bond donors (Lipinski definition) is 3. The first-order chi connectivity index (χ1) is 6.49. The summed E-state index contributed by atoms with van der Waals surface area (Å²) in [4.78, 5) is 11.2. The molecule has 0 heterocycles. The van der Waals surface area contributed by atoms with Crippen molar-refractivity contribution in [1.82, 2.24) is 5.32 Å². The van der Waals surface area contributed by atoms with Gasteiger partial charge >= 0.3 is 5.97 Å². The lowest BCUT2D eigenvalue weighted by molar-refractivity contribution is -0.137. The van der Waals surface area contributed by atoms with Gasteiger partial charge in [0.15, 0.2) is 0 Å². The Morgan fingerprint density at radius 2 is 2.21 bits per heavy atom. The molecule has 0 spiro atoms. The van der Waals surface area contributed by atoms with Crippen molar-refractivity contribution in [2.75, 3.05) is 6.61 Å². The maximum atomic E-state index is 11.2. The third-order valence-electron chi connectivity index (χ3n) is 1.35. The Bertz CT molecular complexity index is 246. The summed E-state index contributed by atoms with van der Waals surface area (Å²) >= 11 is 0. The van der Waals surface area contributed by atoms with E-state index in [4.69, 9.17) is 15.9 Å². The summed E-state index contributed by atoms with van der Waals surface area (Å²) in [6, 6.07) is 0.179. The molecule has 5 heteroatoms. The van der Waals surface area contributed by atoms with E-state index in [-0.39, 0.29) is 24.1 Å². The van der Waals surface area contributed by atoms with Crippen LogP contribution in [0.4, 0.5) is 0 Å². The lowest BCUT2D eigenvalue weighted by atomic mass is 10.2. The Morgan fingerprint density at radius 1 is 1.64 bits per heavy atom. The lowest BCUT2D eigenvalue weighted by Crippen LogP contribution is -2.26. The molecule has 0 rings (SSSR count). The highest BCUT2D eigenvalue weighted by Gasteiger charge is 2.13. The van der Waals surface area contributed by atoms with Crippen LogP contribution in [-0.2, 0) is 9.53 Å². The Kier molecular flexibility index (Phi) is 5.36. The molecule has 4 N–H and O–H groups in total. The van der Waals surface area contributed by atoms with E-state index in [1.807, 2.05) is 13.8 Å². The first kappa shape index (κ1) is 12.5. The first-order valence-electron chi connectivity index (χ1n) is 4.46. The normalized spacial score (nSPS) is 11.3. The number of hydrogen-bond acceptors (Lipinski definition) is 4. The van der Waals surface area contributed by atoms with Gasteiger partial charge in [0.2, 0.25) is 0 Å². The smallest absolute Gasteiger partial charge is 0.343 e. The second-order valence-corrected chi connectivity index (χ2v) is 3.01. The molecule has 0 aliphatic carbocycles. The van der Waals surface area contributed by atoms with Gasteiger partial charge in [-0.05, 0) is 20.8 Å². The van der Waals surface area contributed by atoms with E-state index in [0.29, 0.717) is 0 Å². The van der Waals surface area contributed by atoms with Crippen molar-refractivity contribution in [3.63, 3.8) is 0 Å². The monoisotopic (exact) mass is 199 g/mol. The molecule has 14 heavy (non-hydrogen) atoms. The molecule has 80 valence electrons. The maximum absolute atomic E-state index is 11.2. The molecule has 0 radical (unpaired) electrons. The van der Waals surface area contributed by atoms with Gasteiger partial charge in [-0.3, -0.25) is 5.41 Å². The van der Waals surface area contributed by atoms with Gasteiger partial charge in [-0.15, -0.1) is 0 Å². The third-order valence-corrected chi connectivity index (χ3v) is 1.35. The van der Waals surface area contributed by atoms with Crippen LogP contribution >= 0.6 is 0 Å². The van der Waals surface area contributed by atoms with E-state index < -0.39 is 5.97 Å². The van der Waals surface area contributed by atoms with Crippen molar-refractivity contribution in [2.45, 2.75) is 26.8 Å². The molecule has 0 aromatic carbocycles. The summed E-state index contributed by atoms with van der Waals surface area (Å²) in [6.07, 6.45) is 1.41. The Morgan fingerprint density at radius 3 is 2.57 bits per heavy atom. The number of nitrogens with two attached hydrogens (primary N) is 1. The van der Waals surface area contributed by atoms with E-state index >= 15 is 0 Å². The minimum atomic E-state index is -0.576. The fourth-order valence-corrected chi connectivity index (χ4v) is 0.705. The molecular formula is C9H17N3O2. The number of amidine groups is 1. The largest absolute Gasteiger partial charge is 0.462 e. The van der Waals surface area contributed by atoms with Crippen molar-refractivity contribution < 1.29 is 9.53 Å². The van der Waals surface area contributed by atoms with Crippen LogP contribution in [0, 0.1) is 5.41 Å². The molecule has 0 bridgehead atoms. The van der Waals surface area contributed by atoms with Gasteiger partial charge in [0.1, 0.15) is 11.4 Å². The van der Waals surface area contributed by atoms with Crippen LogP contribution < -0.4 is 11.1 Å². The molecule has 0 aliphatic rings. The quantitative estimate of drug-likeness (QED) is 0.258. The highest BCUT2D eigenvalue weighted by atomic mass is 16.5. The molecular weight excluding hydrogens is 182 g/mol. The highest BCUT2D eigenvalue weighted by Crippen LogP contribution is 1.96. The predicted octanol–water partition coefficient (Wildman–Crippen LogP) is 0.367. The number of ether oxygens (including phenoxy) is 1. The van der Waals surface area contributed by atoms with Gasteiger partial charge in [0.25, 0.3) is 0 Å². The van der Waals surface area contributed by atoms with E-state index in [9.17, 15) is 4.79 Å². The molecule has 0 aliphatic heterocycles. The van der Waals surface area contributed by atoms with Crippen LogP contribution in [0.5, 0.6) is 0 Å². The van der Waals surface area contributed by atoms with Crippen LogP contribution in [0.25, 0.3) is 0 Å². The minimum absolute atomic E-state index is 0.0561. The van der Waals surface area contributed by atoms with E-state index in [0.717, 1.165) is 0 Å². The summed E-state index contributed by atoms with van der Waals surface area (Å²) in [6.45, 7) is 5.80. The van der Waals surface area contributed by atoms with Crippen molar-refractivity contribution in [3.05, 3.63) is 11.8 Å². The average molecular weight is 199 g/mol. The Hall–Kier alpha value is -1.52. The number of esters is 1. The molecule has 0 saturated heterocycles. The zero-order chi connectivity index (χ0) is 11.1. The molecule has 0 aromatic rings. The molecule has 0 amide bonds. The molecule has 0 fully saturated rings.